The maximum Gasteiger partial charge on any atom is 0.126 e. The van der Waals surface area contributed by atoms with Crippen LogP contribution in [0.1, 0.15) is 17.2 Å². The number of nitrogens with two attached hydrogens (primary N) is 1. The average Bonchev–Trinajstić information content (AvgIpc) is 2.38. The number of hydrogen-bond donors (Lipinski definition) is 2. The fourth-order valence-corrected chi connectivity index (χ4v) is 2.12. The molecule has 3 N–H and O–H groups in total. The Morgan fingerprint density at radius 3 is 2.35 bits per heavy atom. The Balaban J connectivity index is 2.26. The van der Waals surface area contributed by atoms with E-state index in [9.17, 15) is 8.78 Å². The average molecular weight is 297 g/mol. The largest absolute Gasteiger partial charge is 0.377 e. The molecule has 2 aromatic rings. The summed E-state index contributed by atoms with van der Waals surface area (Å²) in [6, 6.07) is 8.45. The van der Waals surface area contributed by atoms with Crippen molar-refractivity contribution >= 4 is 17.3 Å². The van der Waals surface area contributed by atoms with Gasteiger partial charge < -0.3 is 11.1 Å². The Morgan fingerprint density at radius 1 is 1.15 bits per heavy atom. The first-order valence-corrected chi connectivity index (χ1v) is 6.56. The van der Waals surface area contributed by atoms with E-state index in [4.69, 9.17) is 17.3 Å². The minimum absolute atomic E-state index is 0.203. The lowest BCUT2D eigenvalue weighted by Gasteiger charge is -2.19. The second-order valence-corrected chi connectivity index (χ2v) is 5.01. The highest BCUT2D eigenvalue weighted by Gasteiger charge is 2.12. The van der Waals surface area contributed by atoms with E-state index in [1.54, 1.807) is 6.07 Å². The van der Waals surface area contributed by atoms with Crippen LogP contribution in [-0.2, 0) is 0 Å². The zero-order valence-electron chi connectivity index (χ0n) is 11.0. The summed E-state index contributed by atoms with van der Waals surface area (Å²) in [5.74, 6) is -1.25. The van der Waals surface area contributed by atoms with Crippen molar-refractivity contribution in [2.75, 3.05) is 11.9 Å². The molecule has 5 heteroatoms. The number of benzene rings is 2. The van der Waals surface area contributed by atoms with Gasteiger partial charge in [0.2, 0.25) is 0 Å². The molecule has 1 atom stereocenters. The molecule has 0 aliphatic rings. The third-order valence-electron chi connectivity index (χ3n) is 3.04. The van der Waals surface area contributed by atoms with Crippen LogP contribution in [0, 0.1) is 18.6 Å². The van der Waals surface area contributed by atoms with Crippen molar-refractivity contribution < 1.29 is 8.78 Å². The van der Waals surface area contributed by atoms with Gasteiger partial charge in [-0.25, -0.2) is 8.78 Å². The van der Waals surface area contributed by atoms with Crippen LogP contribution < -0.4 is 11.1 Å². The third kappa shape index (κ3) is 3.46. The molecule has 0 saturated heterocycles. The molecule has 0 fully saturated rings. The highest BCUT2D eigenvalue weighted by Crippen LogP contribution is 2.24. The zero-order valence-corrected chi connectivity index (χ0v) is 11.7. The molecule has 2 aromatic carbocycles. The summed E-state index contributed by atoms with van der Waals surface area (Å²) in [5, 5.41) is 3.75. The molecule has 20 heavy (non-hydrogen) atoms. The van der Waals surface area contributed by atoms with E-state index < -0.39 is 11.6 Å². The van der Waals surface area contributed by atoms with Crippen molar-refractivity contribution in [3.05, 3.63) is 64.2 Å². The Kier molecular flexibility index (Phi) is 4.57. The van der Waals surface area contributed by atoms with Crippen molar-refractivity contribution in [3.8, 4) is 0 Å². The molecule has 0 radical (unpaired) electrons. The van der Waals surface area contributed by atoms with Gasteiger partial charge in [-0.05, 0) is 42.3 Å². The van der Waals surface area contributed by atoms with Gasteiger partial charge in [-0.3, -0.25) is 0 Å². The maximum absolute atomic E-state index is 13.3. The number of rotatable bonds is 4. The van der Waals surface area contributed by atoms with Gasteiger partial charge in [-0.15, -0.1) is 0 Å². The van der Waals surface area contributed by atoms with Crippen LogP contribution >= 0.6 is 11.6 Å². The quantitative estimate of drug-likeness (QED) is 0.893. The lowest BCUT2D eigenvalue weighted by molar-refractivity contribution is 0.576. The Labute approximate surface area is 121 Å². The van der Waals surface area contributed by atoms with Crippen LogP contribution in [0.5, 0.6) is 0 Å². The first-order valence-electron chi connectivity index (χ1n) is 6.18. The van der Waals surface area contributed by atoms with E-state index >= 15 is 0 Å². The van der Waals surface area contributed by atoms with E-state index in [0.717, 1.165) is 17.3 Å². The third-order valence-corrected chi connectivity index (χ3v) is 3.44. The molecule has 0 spiro atoms. The highest BCUT2D eigenvalue weighted by molar-refractivity contribution is 6.31. The van der Waals surface area contributed by atoms with Gasteiger partial charge in [-0.2, -0.15) is 0 Å². The Morgan fingerprint density at radius 2 is 1.80 bits per heavy atom. The number of anilines is 1. The van der Waals surface area contributed by atoms with Gasteiger partial charge >= 0.3 is 0 Å². The van der Waals surface area contributed by atoms with Gasteiger partial charge in [0.1, 0.15) is 11.6 Å². The van der Waals surface area contributed by atoms with Crippen molar-refractivity contribution in [2.24, 2.45) is 5.73 Å². The van der Waals surface area contributed by atoms with Crippen molar-refractivity contribution in [3.63, 3.8) is 0 Å². The summed E-state index contributed by atoms with van der Waals surface area (Å²) in [6.07, 6.45) is 0. The standard InChI is InChI=1S/C15H15ClF2N2/c1-9-2-3-13(7-14(9)16)20-15(8-19)10-4-11(17)6-12(18)5-10/h2-7,15,20H,8,19H2,1H3. The van der Waals surface area contributed by atoms with Crippen LogP contribution in [0.4, 0.5) is 14.5 Å². The summed E-state index contributed by atoms with van der Waals surface area (Å²) in [5.41, 5.74) is 7.85. The van der Waals surface area contributed by atoms with E-state index in [2.05, 4.69) is 5.32 Å². The summed E-state index contributed by atoms with van der Waals surface area (Å²) in [7, 11) is 0. The van der Waals surface area contributed by atoms with E-state index in [0.29, 0.717) is 10.6 Å². The van der Waals surface area contributed by atoms with Gasteiger partial charge in [0, 0.05) is 23.3 Å². The van der Waals surface area contributed by atoms with Crippen LogP contribution in [0.3, 0.4) is 0 Å². The zero-order chi connectivity index (χ0) is 14.7. The minimum atomic E-state index is -0.623. The topological polar surface area (TPSA) is 38.0 Å². The molecular weight excluding hydrogens is 282 g/mol. The van der Waals surface area contributed by atoms with Gasteiger partial charge in [0.05, 0.1) is 6.04 Å². The Hall–Kier alpha value is -1.65. The lowest BCUT2D eigenvalue weighted by Crippen LogP contribution is -2.21. The van der Waals surface area contributed by atoms with Gasteiger partial charge in [-0.1, -0.05) is 17.7 Å². The summed E-state index contributed by atoms with van der Waals surface area (Å²) in [4.78, 5) is 0. The SMILES string of the molecule is Cc1ccc(NC(CN)c2cc(F)cc(F)c2)cc1Cl. The molecule has 0 aliphatic carbocycles. The normalized spacial score (nSPS) is 12.2. The second-order valence-electron chi connectivity index (χ2n) is 4.60. The van der Waals surface area contributed by atoms with E-state index in [-0.39, 0.29) is 12.6 Å². The summed E-state index contributed by atoms with van der Waals surface area (Å²) >= 11 is 6.05. The number of nitrogens with one attached hydrogen (secondary N) is 1. The number of hydrogen-bond acceptors (Lipinski definition) is 2. The highest BCUT2D eigenvalue weighted by atomic mass is 35.5. The van der Waals surface area contributed by atoms with Crippen LogP contribution in [-0.4, -0.2) is 6.54 Å². The van der Waals surface area contributed by atoms with E-state index in [1.165, 1.54) is 12.1 Å². The molecular formula is C15H15ClF2N2. The van der Waals surface area contributed by atoms with E-state index in [1.807, 2.05) is 19.1 Å². The molecule has 1 unspecified atom stereocenters. The first kappa shape index (κ1) is 14.8. The predicted molar refractivity (Wildman–Crippen MR) is 78.0 cm³/mol. The number of aryl methyl sites for hydroxylation is 1. The fraction of sp³-hybridized carbons (Fsp3) is 0.200. The predicted octanol–water partition coefficient (Wildman–Crippen LogP) is 4.04. The van der Waals surface area contributed by atoms with Gasteiger partial charge in [0.15, 0.2) is 0 Å². The monoisotopic (exact) mass is 296 g/mol. The fourth-order valence-electron chi connectivity index (χ4n) is 1.94. The van der Waals surface area contributed by atoms with Crippen molar-refractivity contribution in [1.29, 1.82) is 0 Å². The van der Waals surface area contributed by atoms with Crippen LogP contribution in [0.25, 0.3) is 0 Å². The molecule has 2 rings (SSSR count). The number of halogens is 3. The molecule has 2 nitrogen and oxygen atoms in total. The molecule has 0 amide bonds. The minimum Gasteiger partial charge on any atom is -0.377 e. The molecule has 0 aromatic heterocycles. The van der Waals surface area contributed by atoms with Crippen LogP contribution in [0.2, 0.25) is 5.02 Å². The first-order chi connectivity index (χ1) is 9.49. The van der Waals surface area contributed by atoms with Crippen molar-refractivity contribution in [2.45, 2.75) is 13.0 Å². The molecule has 0 saturated carbocycles. The molecule has 0 heterocycles. The molecule has 0 bridgehead atoms. The molecule has 106 valence electrons. The summed E-state index contributed by atoms with van der Waals surface area (Å²) in [6.45, 7) is 2.10. The second kappa shape index (κ2) is 6.20. The van der Waals surface area contributed by atoms with Crippen molar-refractivity contribution in [1.82, 2.24) is 0 Å². The Bertz CT molecular complexity index is 597. The maximum atomic E-state index is 13.3. The smallest absolute Gasteiger partial charge is 0.126 e. The van der Waals surface area contributed by atoms with Gasteiger partial charge in [0.25, 0.3) is 0 Å². The lowest BCUT2D eigenvalue weighted by atomic mass is 10.1. The van der Waals surface area contributed by atoms with Crippen LogP contribution in [0.15, 0.2) is 36.4 Å². The molecule has 0 aliphatic heterocycles. The summed E-state index contributed by atoms with van der Waals surface area (Å²) < 4.78 is 26.5.